The van der Waals surface area contributed by atoms with Crippen molar-refractivity contribution >= 4 is 5.91 Å². The first-order valence-electron chi connectivity index (χ1n) is 5.83. The maximum absolute atomic E-state index is 13.4. The summed E-state index contributed by atoms with van der Waals surface area (Å²) in [5.74, 6) is -0.926. The Balaban J connectivity index is 2.88. The molecule has 0 aliphatic heterocycles. The van der Waals surface area contributed by atoms with Crippen molar-refractivity contribution < 1.29 is 9.18 Å². The molecule has 0 aromatic carbocycles. The fraction of sp³-hybridized carbons (Fsp3) is 0.462. The van der Waals surface area contributed by atoms with Crippen LogP contribution in [0.25, 0.3) is 0 Å². The van der Waals surface area contributed by atoms with Crippen molar-refractivity contribution in [2.45, 2.75) is 20.3 Å². The fourth-order valence-electron chi connectivity index (χ4n) is 1.62. The quantitative estimate of drug-likeness (QED) is 0.752. The third kappa shape index (κ3) is 3.81. The van der Waals surface area contributed by atoms with Gasteiger partial charge < -0.3 is 4.90 Å². The molecule has 0 aliphatic carbocycles. The molecule has 0 radical (unpaired) electrons. The van der Waals surface area contributed by atoms with Gasteiger partial charge in [-0.1, -0.05) is 13.8 Å². The normalized spacial score (nSPS) is 10.2. The molecule has 0 saturated carbocycles. The van der Waals surface area contributed by atoms with Crippen LogP contribution in [0.3, 0.4) is 0 Å². The van der Waals surface area contributed by atoms with Crippen LogP contribution in [-0.4, -0.2) is 28.9 Å². The van der Waals surface area contributed by atoms with Gasteiger partial charge in [-0.15, -0.1) is 0 Å². The molecule has 0 aliphatic rings. The van der Waals surface area contributed by atoms with Crippen LogP contribution in [0.1, 0.15) is 30.6 Å². The van der Waals surface area contributed by atoms with Gasteiger partial charge >= 0.3 is 0 Å². The van der Waals surface area contributed by atoms with Gasteiger partial charge in [-0.2, -0.15) is 9.65 Å². The van der Waals surface area contributed by atoms with E-state index in [0.29, 0.717) is 13.1 Å². The van der Waals surface area contributed by atoms with Crippen LogP contribution in [-0.2, 0) is 0 Å². The molecule has 0 saturated heterocycles. The van der Waals surface area contributed by atoms with Crippen LogP contribution in [0, 0.1) is 23.2 Å². The second kappa shape index (κ2) is 6.70. The van der Waals surface area contributed by atoms with E-state index in [1.165, 1.54) is 23.2 Å². The molecule has 1 aromatic heterocycles. The second-order valence-electron chi connectivity index (χ2n) is 4.39. The molecule has 0 bridgehead atoms. The van der Waals surface area contributed by atoms with E-state index in [-0.39, 0.29) is 17.9 Å². The number of rotatable bonds is 5. The summed E-state index contributed by atoms with van der Waals surface area (Å²) in [5.41, 5.74) is -0.0453. The highest BCUT2D eigenvalue weighted by atomic mass is 19.1. The minimum Gasteiger partial charge on any atom is -0.337 e. The van der Waals surface area contributed by atoms with E-state index in [9.17, 15) is 9.18 Å². The molecule has 0 fully saturated rings. The fourth-order valence-corrected chi connectivity index (χ4v) is 1.62. The van der Waals surface area contributed by atoms with Crippen LogP contribution in [0.15, 0.2) is 18.3 Å². The number of nitrogens with zero attached hydrogens (tertiary/aromatic N) is 3. The number of aromatic nitrogens is 1. The molecule has 0 atom stereocenters. The molecule has 4 nitrogen and oxygen atoms in total. The summed E-state index contributed by atoms with van der Waals surface area (Å²) in [5, 5.41) is 8.58. The summed E-state index contributed by atoms with van der Waals surface area (Å²) in [4.78, 5) is 17.1. The molecule has 0 spiro atoms. The van der Waals surface area contributed by atoms with E-state index < -0.39 is 11.9 Å². The van der Waals surface area contributed by atoms with E-state index in [4.69, 9.17) is 5.26 Å². The average Bonchev–Trinajstić information content (AvgIpc) is 2.34. The molecule has 5 heteroatoms. The Morgan fingerprint density at radius 3 is 2.89 bits per heavy atom. The van der Waals surface area contributed by atoms with Gasteiger partial charge in [0, 0.05) is 19.3 Å². The molecule has 18 heavy (non-hydrogen) atoms. The lowest BCUT2D eigenvalue weighted by atomic mass is 10.1. The molecule has 0 N–H and O–H groups in total. The third-order valence-corrected chi connectivity index (χ3v) is 2.36. The van der Waals surface area contributed by atoms with Gasteiger partial charge in [0.1, 0.15) is 0 Å². The van der Waals surface area contributed by atoms with Crippen molar-refractivity contribution in [1.82, 2.24) is 9.88 Å². The van der Waals surface area contributed by atoms with Crippen LogP contribution >= 0.6 is 0 Å². The van der Waals surface area contributed by atoms with Crippen LogP contribution in [0.2, 0.25) is 0 Å². The van der Waals surface area contributed by atoms with Gasteiger partial charge in [-0.05, 0) is 18.1 Å². The van der Waals surface area contributed by atoms with Gasteiger partial charge in [0.2, 0.25) is 5.95 Å². The smallest absolute Gasteiger partial charge is 0.258 e. The first-order valence-corrected chi connectivity index (χ1v) is 5.83. The lowest BCUT2D eigenvalue weighted by molar-refractivity contribution is 0.0734. The van der Waals surface area contributed by atoms with Gasteiger partial charge in [-0.25, -0.2) is 4.98 Å². The maximum Gasteiger partial charge on any atom is 0.258 e. The minimum absolute atomic E-state index is 0.0453. The number of halogens is 1. The van der Waals surface area contributed by atoms with Gasteiger partial charge in [0.05, 0.1) is 18.1 Å². The number of carbonyl (C=O) groups excluding carboxylic acids is 1. The highest BCUT2D eigenvalue weighted by molar-refractivity contribution is 5.94. The highest BCUT2D eigenvalue weighted by Gasteiger charge is 2.20. The number of amides is 1. The van der Waals surface area contributed by atoms with Crippen LogP contribution in [0.4, 0.5) is 4.39 Å². The molecule has 96 valence electrons. The Kier molecular flexibility index (Phi) is 5.25. The Hall–Kier alpha value is -1.96. The predicted octanol–water partition coefficient (Wildman–Crippen LogP) is 2.23. The lowest BCUT2D eigenvalue weighted by Crippen LogP contribution is -2.35. The minimum atomic E-state index is -0.770. The largest absolute Gasteiger partial charge is 0.337 e. The predicted molar refractivity (Wildman–Crippen MR) is 65.2 cm³/mol. The first kappa shape index (κ1) is 14.1. The van der Waals surface area contributed by atoms with Crippen molar-refractivity contribution in [2.24, 2.45) is 5.92 Å². The number of nitriles is 1. The summed E-state index contributed by atoms with van der Waals surface area (Å²) < 4.78 is 13.4. The van der Waals surface area contributed by atoms with Crippen LogP contribution in [0.5, 0.6) is 0 Å². The van der Waals surface area contributed by atoms with Crippen molar-refractivity contribution in [3.05, 3.63) is 29.8 Å². The zero-order valence-electron chi connectivity index (χ0n) is 10.6. The molecular weight excluding hydrogens is 233 g/mol. The summed E-state index contributed by atoms with van der Waals surface area (Å²) in [7, 11) is 0. The lowest BCUT2D eigenvalue weighted by Gasteiger charge is -2.23. The Morgan fingerprint density at radius 2 is 2.33 bits per heavy atom. The molecule has 1 amide bonds. The zero-order valence-corrected chi connectivity index (χ0v) is 10.6. The molecule has 1 aromatic rings. The maximum atomic E-state index is 13.4. The average molecular weight is 249 g/mol. The number of carbonyl (C=O) groups is 1. The Morgan fingerprint density at radius 1 is 1.61 bits per heavy atom. The SMILES string of the molecule is CC(C)CN(CCC#N)C(=O)c1cccnc1F. The van der Waals surface area contributed by atoms with Gasteiger partial charge in [0.25, 0.3) is 5.91 Å². The Labute approximate surface area is 106 Å². The number of hydrogen-bond donors (Lipinski definition) is 0. The zero-order chi connectivity index (χ0) is 13.5. The summed E-state index contributed by atoms with van der Waals surface area (Å²) in [6.07, 6.45) is 1.54. The summed E-state index contributed by atoms with van der Waals surface area (Å²) in [6, 6.07) is 4.92. The van der Waals surface area contributed by atoms with E-state index in [1.54, 1.807) is 0 Å². The molecular formula is C13H16FN3O. The summed E-state index contributed by atoms with van der Waals surface area (Å²) >= 11 is 0. The first-order chi connectivity index (χ1) is 8.56. The Bertz CT molecular complexity index is 454. The topological polar surface area (TPSA) is 57.0 Å². The van der Waals surface area contributed by atoms with Crippen molar-refractivity contribution in [1.29, 1.82) is 5.26 Å². The number of hydrogen-bond acceptors (Lipinski definition) is 3. The second-order valence-corrected chi connectivity index (χ2v) is 4.39. The highest BCUT2D eigenvalue weighted by Crippen LogP contribution is 2.10. The monoisotopic (exact) mass is 249 g/mol. The standard InChI is InChI=1S/C13H16FN3O/c1-10(2)9-17(8-4-6-15)13(18)11-5-3-7-16-12(11)14/h3,5,7,10H,4,8-9H2,1-2H3. The van der Waals surface area contributed by atoms with E-state index in [2.05, 4.69) is 4.98 Å². The van der Waals surface area contributed by atoms with E-state index in [0.717, 1.165) is 0 Å². The van der Waals surface area contributed by atoms with Crippen LogP contribution < -0.4 is 0 Å². The summed E-state index contributed by atoms with van der Waals surface area (Å²) in [6.45, 7) is 4.73. The van der Waals surface area contributed by atoms with Crippen molar-refractivity contribution in [3.63, 3.8) is 0 Å². The van der Waals surface area contributed by atoms with Gasteiger partial charge in [0.15, 0.2) is 0 Å². The van der Waals surface area contributed by atoms with Gasteiger partial charge in [-0.3, -0.25) is 4.79 Å². The molecule has 1 rings (SSSR count). The van der Waals surface area contributed by atoms with E-state index >= 15 is 0 Å². The van der Waals surface area contributed by atoms with Crippen molar-refractivity contribution in [2.75, 3.05) is 13.1 Å². The van der Waals surface area contributed by atoms with E-state index in [1.807, 2.05) is 19.9 Å². The third-order valence-electron chi connectivity index (χ3n) is 2.36. The molecule has 0 unspecified atom stereocenters. The molecule has 1 heterocycles. The van der Waals surface area contributed by atoms with Crippen molar-refractivity contribution in [3.8, 4) is 6.07 Å². The number of pyridine rings is 1.